The SMILES string of the molecule is Cc1nc2cc(NC(=O)C3(S(C)(=O)=O)CCNCC3)ccc2o1. The Labute approximate surface area is 134 Å². The van der Waals surface area contributed by atoms with Gasteiger partial charge in [-0.1, -0.05) is 0 Å². The molecule has 1 fully saturated rings. The van der Waals surface area contributed by atoms with Crippen LogP contribution in [-0.4, -0.2) is 43.4 Å². The number of amides is 1. The molecular formula is C15H19N3O4S. The first-order chi connectivity index (χ1) is 10.8. The molecule has 0 unspecified atom stereocenters. The first kappa shape index (κ1) is 15.9. The lowest BCUT2D eigenvalue weighted by Crippen LogP contribution is -2.55. The zero-order valence-corrected chi connectivity index (χ0v) is 13.9. The lowest BCUT2D eigenvalue weighted by atomic mass is 9.95. The molecule has 0 saturated carbocycles. The number of rotatable bonds is 3. The number of aryl methyl sites for hydroxylation is 1. The number of carbonyl (C=O) groups excluding carboxylic acids is 1. The Morgan fingerprint density at radius 2 is 2.04 bits per heavy atom. The number of hydrogen-bond donors (Lipinski definition) is 2. The van der Waals surface area contributed by atoms with E-state index in [1.807, 2.05) is 0 Å². The summed E-state index contributed by atoms with van der Waals surface area (Å²) in [5.74, 6) is 0.0514. The van der Waals surface area contributed by atoms with Gasteiger partial charge >= 0.3 is 0 Å². The van der Waals surface area contributed by atoms with Gasteiger partial charge in [-0.25, -0.2) is 13.4 Å². The number of nitrogens with one attached hydrogen (secondary N) is 2. The van der Waals surface area contributed by atoms with E-state index in [9.17, 15) is 13.2 Å². The van der Waals surface area contributed by atoms with E-state index in [4.69, 9.17) is 4.42 Å². The first-order valence-corrected chi connectivity index (χ1v) is 9.30. The van der Waals surface area contributed by atoms with Crippen LogP contribution in [0.3, 0.4) is 0 Å². The minimum Gasteiger partial charge on any atom is -0.441 e. The molecule has 2 heterocycles. The summed E-state index contributed by atoms with van der Waals surface area (Å²) in [5, 5.41) is 5.82. The van der Waals surface area contributed by atoms with Gasteiger partial charge in [0.05, 0.1) is 0 Å². The van der Waals surface area contributed by atoms with Gasteiger partial charge < -0.3 is 15.1 Å². The summed E-state index contributed by atoms with van der Waals surface area (Å²) in [6.07, 6.45) is 1.66. The van der Waals surface area contributed by atoms with Gasteiger partial charge in [0.1, 0.15) is 5.52 Å². The second-order valence-corrected chi connectivity index (χ2v) is 8.21. The Morgan fingerprint density at radius 1 is 1.35 bits per heavy atom. The smallest absolute Gasteiger partial charge is 0.245 e. The minimum absolute atomic E-state index is 0.267. The summed E-state index contributed by atoms with van der Waals surface area (Å²) in [6, 6.07) is 5.07. The van der Waals surface area contributed by atoms with Crippen LogP contribution in [0.25, 0.3) is 11.1 Å². The van der Waals surface area contributed by atoms with E-state index < -0.39 is 20.5 Å². The van der Waals surface area contributed by atoms with Crippen molar-refractivity contribution in [1.29, 1.82) is 0 Å². The van der Waals surface area contributed by atoms with Gasteiger partial charge in [-0.2, -0.15) is 0 Å². The highest BCUT2D eigenvalue weighted by atomic mass is 32.2. The van der Waals surface area contributed by atoms with Crippen molar-refractivity contribution in [3.05, 3.63) is 24.1 Å². The molecule has 1 saturated heterocycles. The van der Waals surface area contributed by atoms with Crippen molar-refractivity contribution in [3.8, 4) is 0 Å². The molecule has 0 spiro atoms. The third kappa shape index (κ3) is 2.84. The molecule has 2 aromatic rings. The van der Waals surface area contributed by atoms with Crippen molar-refractivity contribution in [2.75, 3.05) is 24.7 Å². The van der Waals surface area contributed by atoms with E-state index in [0.717, 1.165) is 6.26 Å². The molecule has 3 rings (SSSR count). The molecule has 0 bridgehead atoms. The maximum Gasteiger partial charge on any atom is 0.245 e. The number of anilines is 1. The Kier molecular flexibility index (Phi) is 3.89. The van der Waals surface area contributed by atoms with Gasteiger partial charge in [-0.15, -0.1) is 0 Å². The number of oxazole rings is 1. The Hall–Kier alpha value is -1.93. The predicted octanol–water partition coefficient (Wildman–Crippen LogP) is 1.24. The normalized spacial score (nSPS) is 18.0. The molecule has 1 aliphatic heterocycles. The minimum atomic E-state index is -3.53. The van der Waals surface area contributed by atoms with Crippen molar-refractivity contribution in [2.45, 2.75) is 24.5 Å². The van der Waals surface area contributed by atoms with Crippen molar-refractivity contribution in [2.24, 2.45) is 0 Å². The average molecular weight is 337 g/mol. The van der Waals surface area contributed by atoms with E-state index >= 15 is 0 Å². The van der Waals surface area contributed by atoms with Crippen LogP contribution in [0.1, 0.15) is 18.7 Å². The summed E-state index contributed by atoms with van der Waals surface area (Å²) >= 11 is 0. The second-order valence-electron chi connectivity index (χ2n) is 5.89. The summed E-state index contributed by atoms with van der Waals surface area (Å²) in [7, 11) is -3.53. The summed E-state index contributed by atoms with van der Waals surface area (Å²) in [5.41, 5.74) is 1.76. The monoisotopic (exact) mass is 337 g/mol. The van der Waals surface area contributed by atoms with Crippen LogP contribution < -0.4 is 10.6 Å². The van der Waals surface area contributed by atoms with Crippen molar-refractivity contribution < 1.29 is 17.6 Å². The molecule has 2 N–H and O–H groups in total. The molecule has 124 valence electrons. The number of aromatic nitrogens is 1. The van der Waals surface area contributed by atoms with Crippen molar-refractivity contribution >= 4 is 32.5 Å². The topological polar surface area (TPSA) is 101 Å². The zero-order valence-electron chi connectivity index (χ0n) is 13.0. The second kappa shape index (κ2) is 5.61. The number of hydrogen-bond acceptors (Lipinski definition) is 6. The van der Waals surface area contributed by atoms with Gasteiger partial charge in [0.15, 0.2) is 26.1 Å². The van der Waals surface area contributed by atoms with E-state index in [1.165, 1.54) is 0 Å². The van der Waals surface area contributed by atoms with Gasteiger partial charge in [0.25, 0.3) is 0 Å². The van der Waals surface area contributed by atoms with E-state index in [0.29, 0.717) is 35.8 Å². The van der Waals surface area contributed by atoms with Gasteiger partial charge in [-0.05, 0) is 44.1 Å². The lowest BCUT2D eigenvalue weighted by molar-refractivity contribution is -0.119. The van der Waals surface area contributed by atoms with Crippen molar-refractivity contribution in [1.82, 2.24) is 10.3 Å². The fraction of sp³-hybridized carbons (Fsp3) is 0.467. The number of carbonyl (C=O) groups is 1. The Bertz CT molecular complexity index is 851. The molecule has 8 heteroatoms. The lowest BCUT2D eigenvalue weighted by Gasteiger charge is -2.34. The Balaban J connectivity index is 1.91. The maximum atomic E-state index is 12.7. The highest BCUT2D eigenvalue weighted by molar-refractivity contribution is 7.92. The molecule has 7 nitrogen and oxygen atoms in total. The third-order valence-corrected chi connectivity index (χ3v) is 6.30. The first-order valence-electron chi connectivity index (χ1n) is 7.41. The standard InChI is InChI=1S/C15H19N3O4S/c1-10-17-12-9-11(3-4-13(12)22-10)18-14(19)15(23(2,20)21)5-7-16-8-6-15/h3-4,9,16H,5-8H2,1-2H3,(H,18,19). The molecular weight excluding hydrogens is 318 g/mol. The molecule has 1 aliphatic rings. The molecule has 23 heavy (non-hydrogen) atoms. The van der Waals surface area contributed by atoms with Crippen LogP contribution in [0.5, 0.6) is 0 Å². The third-order valence-electron chi connectivity index (χ3n) is 4.29. The van der Waals surface area contributed by atoms with Gasteiger partial charge in [0.2, 0.25) is 5.91 Å². The zero-order chi connectivity index (χ0) is 16.7. The van der Waals surface area contributed by atoms with Crippen molar-refractivity contribution in [3.63, 3.8) is 0 Å². The number of fused-ring (bicyclic) bond motifs is 1. The highest BCUT2D eigenvalue weighted by Gasteiger charge is 2.48. The molecule has 0 radical (unpaired) electrons. The van der Waals surface area contributed by atoms with Gasteiger partial charge in [0, 0.05) is 18.9 Å². The van der Waals surface area contributed by atoms with E-state index in [-0.39, 0.29) is 12.8 Å². The van der Waals surface area contributed by atoms with E-state index in [1.54, 1.807) is 25.1 Å². The maximum absolute atomic E-state index is 12.7. The molecule has 0 aliphatic carbocycles. The quantitative estimate of drug-likeness (QED) is 0.874. The predicted molar refractivity (Wildman–Crippen MR) is 87.1 cm³/mol. The van der Waals surface area contributed by atoms with Crippen LogP contribution in [0.15, 0.2) is 22.6 Å². The highest BCUT2D eigenvalue weighted by Crippen LogP contribution is 2.30. The van der Waals surface area contributed by atoms with Crippen LogP contribution in [0.4, 0.5) is 5.69 Å². The number of sulfone groups is 1. The molecule has 1 aromatic heterocycles. The largest absolute Gasteiger partial charge is 0.441 e. The number of nitrogens with zero attached hydrogens (tertiary/aromatic N) is 1. The van der Waals surface area contributed by atoms with Crippen LogP contribution in [0, 0.1) is 6.92 Å². The Morgan fingerprint density at radius 3 is 2.70 bits per heavy atom. The fourth-order valence-electron chi connectivity index (χ4n) is 2.96. The van der Waals surface area contributed by atoms with Gasteiger partial charge in [-0.3, -0.25) is 4.79 Å². The van der Waals surface area contributed by atoms with E-state index in [2.05, 4.69) is 15.6 Å². The summed E-state index contributed by atoms with van der Waals surface area (Å²) < 4.78 is 28.5. The molecule has 1 aromatic carbocycles. The fourth-order valence-corrected chi connectivity index (χ4v) is 4.30. The summed E-state index contributed by atoms with van der Waals surface area (Å²) in [4.78, 5) is 16.9. The number of piperidine rings is 1. The number of benzene rings is 1. The van der Waals surface area contributed by atoms with Crippen LogP contribution in [-0.2, 0) is 14.6 Å². The van der Waals surface area contributed by atoms with Crippen LogP contribution in [0.2, 0.25) is 0 Å². The molecule has 1 amide bonds. The molecule has 0 atom stereocenters. The summed E-state index contributed by atoms with van der Waals surface area (Å²) in [6.45, 7) is 2.75. The van der Waals surface area contributed by atoms with Crippen LogP contribution >= 0.6 is 0 Å². The average Bonchev–Trinajstić information content (AvgIpc) is 2.86.